The van der Waals surface area contributed by atoms with Gasteiger partial charge in [0.1, 0.15) is 17.0 Å². The van der Waals surface area contributed by atoms with Crippen molar-refractivity contribution in [2.45, 2.75) is 13.1 Å². The second-order valence-electron chi connectivity index (χ2n) is 7.08. The second-order valence-corrected chi connectivity index (χ2v) is 7.08. The number of rotatable bonds is 7. The van der Waals surface area contributed by atoms with Crippen LogP contribution in [0.1, 0.15) is 21.6 Å². The standard InChI is InChI=1S/C24H22N4O4/c1-31-18-9-5-16(6-10-18)14-26-23(29)21-24(30)28(22-20(27-21)4-3-13-25-22)15-17-7-11-19(32-2)12-8-17/h3-13H,14-15H2,1-2H3,(H,26,29). The topological polar surface area (TPSA) is 95.3 Å². The molecule has 4 aromatic rings. The van der Waals surface area contributed by atoms with Crippen LogP contribution in [0.15, 0.2) is 71.7 Å². The molecule has 0 spiro atoms. The molecular weight excluding hydrogens is 408 g/mol. The highest BCUT2D eigenvalue weighted by molar-refractivity contribution is 5.93. The molecule has 162 valence electrons. The van der Waals surface area contributed by atoms with Gasteiger partial charge in [0.25, 0.3) is 11.5 Å². The fourth-order valence-corrected chi connectivity index (χ4v) is 3.29. The third-order valence-electron chi connectivity index (χ3n) is 5.03. The first-order valence-electron chi connectivity index (χ1n) is 9.98. The van der Waals surface area contributed by atoms with Crippen LogP contribution in [0.5, 0.6) is 11.5 Å². The molecule has 8 heteroatoms. The van der Waals surface area contributed by atoms with Gasteiger partial charge in [-0.15, -0.1) is 0 Å². The molecule has 0 aliphatic carbocycles. The minimum absolute atomic E-state index is 0.174. The van der Waals surface area contributed by atoms with Gasteiger partial charge in [-0.05, 0) is 47.5 Å². The number of nitrogens with one attached hydrogen (secondary N) is 1. The SMILES string of the molecule is COc1ccc(CNC(=O)c2nc3cccnc3n(Cc3ccc(OC)cc3)c2=O)cc1. The van der Waals surface area contributed by atoms with E-state index in [0.29, 0.717) is 11.2 Å². The van der Waals surface area contributed by atoms with Gasteiger partial charge in [-0.1, -0.05) is 24.3 Å². The average molecular weight is 430 g/mol. The third-order valence-corrected chi connectivity index (χ3v) is 5.03. The Bertz CT molecular complexity index is 1300. The van der Waals surface area contributed by atoms with E-state index in [2.05, 4.69) is 15.3 Å². The van der Waals surface area contributed by atoms with E-state index in [4.69, 9.17) is 9.47 Å². The largest absolute Gasteiger partial charge is 0.497 e. The van der Waals surface area contributed by atoms with Crippen molar-refractivity contribution in [3.8, 4) is 11.5 Å². The Labute approximate surface area is 184 Å². The molecule has 8 nitrogen and oxygen atoms in total. The fourth-order valence-electron chi connectivity index (χ4n) is 3.29. The molecule has 0 radical (unpaired) electrons. The highest BCUT2D eigenvalue weighted by Crippen LogP contribution is 2.15. The molecule has 0 bridgehead atoms. The zero-order valence-corrected chi connectivity index (χ0v) is 17.7. The van der Waals surface area contributed by atoms with Crippen molar-refractivity contribution >= 4 is 17.1 Å². The van der Waals surface area contributed by atoms with Crippen LogP contribution in [0.25, 0.3) is 11.2 Å². The Morgan fingerprint density at radius 1 is 0.938 bits per heavy atom. The van der Waals surface area contributed by atoms with E-state index in [-0.39, 0.29) is 18.8 Å². The lowest BCUT2D eigenvalue weighted by Gasteiger charge is -2.12. The number of ether oxygens (including phenoxy) is 2. The molecule has 0 saturated carbocycles. The minimum atomic E-state index is -0.542. The lowest BCUT2D eigenvalue weighted by atomic mass is 10.2. The van der Waals surface area contributed by atoms with E-state index in [0.717, 1.165) is 22.6 Å². The number of benzene rings is 2. The zero-order valence-electron chi connectivity index (χ0n) is 17.7. The second kappa shape index (κ2) is 9.30. The predicted molar refractivity (Wildman–Crippen MR) is 120 cm³/mol. The van der Waals surface area contributed by atoms with Gasteiger partial charge < -0.3 is 14.8 Å². The van der Waals surface area contributed by atoms with E-state index in [9.17, 15) is 9.59 Å². The van der Waals surface area contributed by atoms with Gasteiger partial charge in [0.15, 0.2) is 11.3 Å². The molecule has 0 fully saturated rings. The van der Waals surface area contributed by atoms with Crippen LogP contribution >= 0.6 is 0 Å². The van der Waals surface area contributed by atoms with Crippen LogP contribution in [0.4, 0.5) is 0 Å². The Morgan fingerprint density at radius 2 is 1.56 bits per heavy atom. The van der Waals surface area contributed by atoms with Crippen molar-refractivity contribution in [3.63, 3.8) is 0 Å². The highest BCUT2D eigenvalue weighted by Gasteiger charge is 2.18. The number of carbonyl (C=O) groups is 1. The maximum absolute atomic E-state index is 13.2. The van der Waals surface area contributed by atoms with Crippen molar-refractivity contribution in [2.75, 3.05) is 14.2 Å². The van der Waals surface area contributed by atoms with Crippen LogP contribution in [-0.2, 0) is 13.1 Å². The van der Waals surface area contributed by atoms with E-state index in [1.54, 1.807) is 32.5 Å². The quantitative estimate of drug-likeness (QED) is 0.484. The smallest absolute Gasteiger partial charge is 0.284 e. The molecule has 0 atom stereocenters. The Morgan fingerprint density at radius 3 is 2.19 bits per heavy atom. The fraction of sp³-hybridized carbons (Fsp3) is 0.167. The maximum Gasteiger partial charge on any atom is 0.284 e. The van der Waals surface area contributed by atoms with E-state index < -0.39 is 11.5 Å². The highest BCUT2D eigenvalue weighted by atomic mass is 16.5. The van der Waals surface area contributed by atoms with Gasteiger partial charge in [-0.3, -0.25) is 14.2 Å². The summed E-state index contributed by atoms with van der Waals surface area (Å²) in [7, 11) is 3.19. The molecule has 2 aromatic carbocycles. The normalized spacial score (nSPS) is 10.7. The molecule has 32 heavy (non-hydrogen) atoms. The number of pyridine rings is 1. The van der Waals surface area contributed by atoms with Gasteiger partial charge in [-0.2, -0.15) is 0 Å². The number of fused-ring (bicyclic) bond motifs is 1. The van der Waals surface area contributed by atoms with Crippen molar-refractivity contribution < 1.29 is 14.3 Å². The van der Waals surface area contributed by atoms with Crippen molar-refractivity contribution in [1.29, 1.82) is 0 Å². The van der Waals surface area contributed by atoms with Crippen LogP contribution in [-0.4, -0.2) is 34.7 Å². The van der Waals surface area contributed by atoms with Gasteiger partial charge in [0.05, 0.1) is 20.8 Å². The van der Waals surface area contributed by atoms with Gasteiger partial charge in [0, 0.05) is 12.7 Å². The van der Waals surface area contributed by atoms with Crippen LogP contribution in [0.3, 0.4) is 0 Å². The summed E-state index contributed by atoms with van der Waals surface area (Å²) in [4.78, 5) is 34.7. The summed E-state index contributed by atoms with van der Waals surface area (Å²) < 4.78 is 11.8. The lowest BCUT2D eigenvalue weighted by Crippen LogP contribution is -2.35. The Hall–Kier alpha value is -4.20. The minimum Gasteiger partial charge on any atom is -0.497 e. The van der Waals surface area contributed by atoms with Gasteiger partial charge in [-0.25, -0.2) is 9.97 Å². The summed E-state index contributed by atoms with van der Waals surface area (Å²) in [6.07, 6.45) is 1.59. The Balaban J connectivity index is 1.64. The first-order valence-corrected chi connectivity index (χ1v) is 9.98. The molecule has 4 rings (SSSR count). The molecule has 2 aromatic heterocycles. The summed E-state index contributed by atoms with van der Waals surface area (Å²) in [6, 6.07) is 18.1. The molecule has 0 saturated heterocycles. The number of nitrogens with zero attached hydrogens (tertiary/aromatic N) is 3. The van der Waals surface area contributed by atoms with Crippen LogP contribution < -0.4 is 20.3 Å². The van der Waals surface area contributed by atoms with Gasteiger partial charge >= 0.3 is 0 Å². The number of hydrogen-bond acceptors (Lipinski definition) is 6. The monoisotopic (exact) mass is 430 g/mol. The van der Waals surface area contributed by atoms with Crippen LogP contribution in [0, 0.1) is 0 Å². The van der Waals surface area contributed by atoms with E-state index >= 15 is 0 Å². The summed E-state index contributed by atoms with van der Waals surface area (Å²) in [6.45, 7) is 0.505. The zero-order chi connectivity index (χ0) is 22.5. The molecule has 1 N–H and O–H groups in total. The molecule has 2 heterocycles. The number of hydrogen-bond donors (Lipinski definition) is 1. The molecule has 0 aliphatic heterocycles. The van der Waals surface area contributed by atoms with Crippen molar-refractivity contribution in [1.82, 2.24) is 19.9 Å². The lowest BCUT2D eigenvalue weighted by molar-refractivity contribution is 0.0944. The summed E-state index contributed by atoms with van der Waals surface area (Å²) in [5.74, 6) is 0.905. The summed E-state index contributed by atoms with van der Waals surface area (Å²) in [5, 5.41) is 2.77. The maximum atomic E-state index is 13.2. The van der Waals surface area contributed by atoms with Crippen LogP contribution in [0.2, 0.25) is 0 Å². The molecule has 0 aliphatic rings. The molecular formula is C24H22N4O4. The number of methoxy groups -OCH3 is 2. The van der Waals surface area contributed by atoms with Crippen molar-refractivity contribution in [3.05, 3.63) is 94.0 Å². The van der Waals surface area contributed by atoms with Gasteiger partial charge in [0.2, 0.25) is 0 Å². The predicted octanol–water partition coefficient (Wildman–Crippen LogP) is 2.79. The summed E-state index contributed by atoms with van der Waals surface area (Å²) in [5.41, 5.74) is 1.96. The molecule has 0 unspecified atom stereocenters. The Kier molecular flexibility index (Phi) is 6.12. The number of amides is 1. The molecule has 1 amide bonds. The first kappa shape index (κ1) is 21.0. The number of carbonyl (C=O) groups excluding carboxylic acids is 1. The van der Waals surface area contributed by atoms with E-state index in [1.807, 2.05) is 48.5 Å². The number of aromatic nitrogens is 3. The average Bonchev–Trinajstić information content (AvgIpc) is 2.84. The third kappa shape index (κ3) is 4.44. The van der Waals surface area contributed by atoms with E-state index in [1.165, 1.54) is 4.57 Å². The summed E-state index contributed by atoms with van der Waals surface area (Å²) >= 11 is 0. The van der Waals surface area contributed by atoms with Crippen molar-refractivity contribution in [2.24, 2.45) is 0 Å². The first-order chi connectivity index (χ1) is 15.6.